The normalized spacial score (nSPS) is 10.0. The van der Waals surface area contributed by atoms with Gasteiger partial charge in [-0.15, -0.1) is 0 Å². The van der Waals surface area contributed by atoms with Crippen LogP contribution in [0.4, 0.5) is 14.5 Å². The molecule has 1 rings (SSSR count). The number of anilines is 1. The van der Waals surface area contributed by atoms with Gasteiger partial charge in [0.15, 0.2) is 17.4 Å². The van der Waals surface area contributed by atoms with Crippen LogP contribution in [0.2, 0.25) is 5.02 Å². The highest BCUT2D eigenvalue weighted by atomic mass is 35.5. The number of nitrogen functional groups attached to an aromatic ring is 1. The molecule has 0 spiro atoms. The van der Waals surface area contributed by atoms with Crippen molar-refractivity contribution in [2.75, 3.05) is 12.8 Å². The third-order valence-electron chi connectivity index (χ3n) is 1.35. The van der Waals surface area contributed by atoms with E-state index in [2.05, 4.69) is 4.74 Å². The van der Waals surface area contributed by atoms with Crippen LogP contribution in [0, 0.1) is 11.6 Å². The zero-order chi connectivity index (χ0) is 9.30. The predicted octanol–water partition coefficient (Wildman–Crippen LogP) is 2.21. The fraction of sp³-hybridized carbons (Fsp3) is 0.143. The molecule has 0 aliphatic carbocycles. The fourth-order valence-electron chi connectivity index (χ4n) is 0.804. The lowest BCUT2D eigenvalue weighted by molar-refractivity contribution is 0.409. The molecule has 0 heterocycles. The molecular formula is C7H6ClF2NO. The van der Waals surface area contributed by atoms with Gasteiger partial charge in [0.1, 0.15) is 5.02 Å². The van der Waals surface area contributed by atoms with Crippen molar-refractivity contribution < 1.29 is 13.5 Å². The molecule has 0 atom stereocenters. The maximum absolute atomic E-state index is 12.7. The Kier molecular flexibility index (Phi) is 2.38. The Labute approximate surface area is 72.9 Å². The van der Waals surface area contributed by atoms with Gasteiger partial charge in [0.25, 0.3) is 0 Å². The standard InChI is InChI=1S/C7H6ClF2NO/c1-12-7-4(11)2-3(9)6(10)5(7)8/h2H,11H2,1H3. The molecule has 0 fully saturated rings. The SMILES string of the molecule is COc1c(N)cc(F)c(F)c1Cl. The van der Waals surface area contributed by atoms with Gasteiger partial charge in [-0.25, -0.2) is 8.78 Å². The number of methoxy groups -OCH3 is 1. The zero-order valence-corrected chi connectivity index (χ0v) is 6.95. The third-order valence-corrected chi connectivity index (χ3v) is 1.69. The van der Waals surface area contributed by atoms with Gasteiger partial charge in [0.05, 0.1) is 12.8 Å². The summed E-state index contributed by atoms with van der Waals surface area (Å²) >= 11 is 5.38. The first kappa shape index (κ1) is 9.06. The van der Waals surface area contributed by atoms with E-state index in [1.54, 1.807) is 0 Å². The first-order valence-corrected chi connectivity index (χ1v) is 3.42. The number of rotatable bonds is 1. The second-order valence-electron chi connectivity index (χ2n) is 2.11. The van der Waals surface area contributed by atoms with Gasteiger partial charge in [-0.05, 0) is 0 Å². The number of ether oxygens (including phenoxy) is 1. The smallest absolute Gasteiger partial charge is 0.181 e. The van der Waals surface area contributed by atoms with Crippen LogP contribution in [-0.4, -0.2) is 7.11 Å². The summed E-state index contributed by atoms with van der Waals surface area (Å²) in [5.74, 6) is -2.28. The Balaban J connectivity index is 3.40. The maximum Gasteiger partial charge on any atom is 0.181 e. The van der Waals surface area contributed by atoms with E-state index in [-0.39, 0.29) is 11.4 Å². The van der Waals surface area contributed by atoms with Crippen molar-refractivity contribution in [1.82, 2.24) is 0 Å². The number of hydrogen-bond donors (Lipinski definition) is 1. The van der Waals surface area contributed by atoms with E-state index in [0.717, 1.165) is 6.07 Å². The molecule has 0 aliphatic heterocycles. The summed E-state index contributed by atoms with van der Waals surface area (Å²) in [4.78, 5) is 0. The third kappa shape index (κ3) is 1.30. The summed E-state index contributed by atoms with van der Waals surface area (Å²) in [6.45, 7) is 0. The minimum atomic E-state index is -1.15. The quantitative estimate of drug-likeness (QED) is 0.548. The highest BCUT2D eigenvalue weighted by Gasteiger charge is 2.15. The van der Waals surface area contributed by atoms with Crippen molar-refractivity contribution >= 4 is 17.3 Å². The van der Waals surface area contributed by atoms with Gasteiger partial charge in [0, 0.05) is 6.07 Å². The second kappa shape index (κ2) is 3.15. The van der Waals surface area contributed by atoms with E-state index < -0.39 is 16.7 Å². The Hall–Kier alpha value is -1.03. The van der Waals surface area contributed by atoms with Crippen LogP contribution in [0.5, 0.6) is 5.75 Å². The average molecular weight is 194 g/mol. The first-order valence-electron chi connectivity index (χ1n) is 3.05. The van der Waals surface area contributed by atoms with Crippen LogP contribution in [0.15, 0.2) is 6.07 Å². The van der Waals surface area contributed by atoms with Crippen LogP contribution >= 0.6 is 11.6 Å². The van der Waals surface area contributed by atoms with Crippen molar-refractivity contribution in [1.29, 1.82) is 0 Å². The minimum Gasteiger partial charge on any atom is -0.493 e. The molecule has 0 bridgehead atoms. The first-order chi connectivity index (χ1) is 5.57. The lowest BCUT2D eigenvalue weighted by Gasteiger charge is -2.07. The van der Waals surface area contributed by atoms with Crippen LogP contribution in [0.1, 0.15) is 0 Å². The van der Waals surface area contributed by atoms with E-state index in [1.165, 1.54) is 7.11 Å². The lowest BCUT2D eigenvalue weighted by atomic mass is 10.3. The van der Waals surface area contributed by atoms with Gasteiger partial charge in [0.2, 0.25) is 0 Å². The highest BCUT2D eigenvalue weighted by molar-refractivity contribution is 6.32. The van der Waals surface area contributed by atoms with E-state index in [0.29, 0.717) is 0 Å². The molecule has 2 nitrogen and oxygen atoms in total. The Bertz CT molecular complexity index is 317. The van der Waals surface area contributed by atoms with Crippen LogP contribution in [0.3, 0.4) is 0 Å². The lowest BCUT2D eigenvalue weighted by Crippen LogP contribution is -1.97. The number of nitrogens with two attached hydrogens (primary N) is 1. The zero-order valence-electron chi connectivity index (χ0n) is 6.20. The monoisotopic (exact) mass is 193 g/mol. The molecule has 66 valence electrons. The predicted molar refractivity (Wildman–Crippen MR) is 42.3 cm³/mol. The fourth-order valence-corrected chi connectivity index (χ4v) is 1.08. The summed E-state index contributed by atoms with van der Waals surface area (Å²) < 4.78 is 29.9. The summed E-state index contributed by atoms with van der Waals surface area (Å²) in [5.41, 5.74) is 5.26. The largest absolute Gasteiger partial charge is 0.493 e. The summed E-state index contributed by atoms with van der Waals surface area (Å²) in [7, 11) is 1.27. The van der Waals surface area contributed by atoms with Gasteiger partial charge >= 0.3 is 0 Å². The van der Waals surface area contributed by atoms with Crippen molar-refractivity contribution in [2.24, 2.45) is 0 Å². The van der Waals surface area contributed by atoms with E-state index in [9.17, 15) is 8.78 Å². The van der Waals surface area contributed by atoms with Gasteiger partial charge in [-0.1, -0.05) is 11.6 Å². The average Bonchev–Trinajstić information content (AvgIpc) is 2.01. The van der Waals surface area contributed by atoms with Crippen molar-refractivity contribution in [3.8, 4) is 5.75 Å². The summed E-state index contributed by atoms with van der Waals surface area (Å²) in [6.07, 6.45) is 0. The number of hydrogen-bond acceptors (Lipinski definition) is 2. The van der Waals surface area contributed by atoms with Crippen molar-refractivity contribution in [3.63, 3.8) is 0 Å². The van der Waals surface area contributed by atoms with Gasteiger partial charge in [-0.3, -0.25) is 0 Å². The number of benzene rings is 1. The molecule has 5 heteroatoms. The highest BCUT2D eigenvalue weighted by Crippen LogP contribution is 2.34. The van der Waals surface area contributed by atoms with E-state index in [4.69, 9.17) is 17.3 Å². The molecule has 1 aromatic carbocycles. The van der Waals surface area contributed by atoms with E-state index in [1.807, 2.05) is 0 Å². The molecular weight excluding hydrogens is 188 g/mol. The Morgan fingerprint density at radius 1 is 1.50 bits per heavy atom. The molecule has 0 amide bonds. The molecule has 12 heavy (non-hydrogen) atoms. The molecule has 1 aromatic rings. The van der Waals surface area contributed by atoms with Crippen LogP contribution in [-0.2, 0) is 0 Å². The molecule has 0 aliphatic rings. The maximum atomic E-state index is 12.7. The minimum absolute atomic E-state index is 0.0265. The molecule has 0 radical (unpaired) electrons. The van der Waals surface area contributed by atoms with Crippen molar-refractivity contribution in [3.05, 3.63) is 22.7 Å². The molecule has 0 aromatic heterocycles. The van der Waals surface area contributed by atoms with Crippen molar-refractivity contribution in [2.45, 2.75) is 0 Å². The molecule has 0 saturated heterocycles. The molecule has 2 N–H and O–H groups in total. The molecule has 0 saturated carbocycles. The summed E-state index contributed by atoms with van der Waals surface area (Å²) in [6, 6.07) is 0.819. The van der Waals surface area contributed by atoms with Gasteiger partial charge in [-0.2, -0.15) is 0 Å². The molecule has 0 unspecified atom stereocenters. The van der Waals surface area contributed by atoms with Crippen LogP contribution in [0.25, 0.3) is 0 Å². The number of halogens is 3. The topological polar surface area (TPSA) is 35.2 Å². The van der Waals surface area contributed by atoms with Gasteiger partial charge < -0.3 is 10.5 Å². The Morgan fingerprint density at radius 3 is 2.58 bits per heavy atom. The Morgan fingerprint density at radius 2 is 2.08 bits per heavy atom. The second-order valence-corrected chi connectivity index (χ2v) is 2.49. The van der Waals surface area contributed by atoms with E-state index >= 15 is 0 Å². The summed E-state index contributed by atoms with van der Waals surface area (Å²) in [5, 5.41) is -0.435. The van der Waals surface area contributed by atoms with Crippen LogP contribution < -0.4 is 10.5 Å².